The third-order valence-electron chi connectivity index (χ3n) is 3.15. The Morgan fingerprint density at radius 1 is 1.20 bits per heavy atom. The molecule has 0 bridgehead atoms. The van der Waals surface area contributed by atoms with Crippen LogP contribution in [0.5, 0.6) is 5.75 Å². The molecule has 0 saturated carbocycles. The average Bonchev–Trinajstić information content (AvgIpc) is 2.43. The number of aryl methyl sites for hydroxylation is 1. The summed E-state index contributed by atoms with van der Waals surface area (Å²) in [5.41, 5.74) is 1.15. The molecule has 1 aromatic rings. The largest absolute Gasteiger partial charge is 0.494 e. The van der Waals surface area contributed by atoms with Crippen molar-refractivity contribution in [2.24, 2.45) is 0 Å². The van der Waals surface area contributed by atoms with Crippen LogP contribution < -0.4 is 10.1 Å². The predicted molar refractivity (Wildman–Crippen MR) is 87.0 cm³/mol. The Morgan fingerprint density at radius 3 is 2.70 bits per heavy atom. The number of rotatable bonds is 10. The van der Waals surface area contributed by atoms with Gasteiger partial charge in [-0.05, 0) is 63.7 Å². The zero-order chi connectivity index (χ0) is 14.8. The van der Waals surface area contributed by atoms with Crippen LogP contribution >= 0.6 is 11.6 Å². The van der Waals surface area contributed by atoms with Gasteiger partial charge in [0.2, 0.25) is 0 Å². The molecule has 0 heterocycles. The van der Waals surface area contributed by atoms with E-state index in [1.807, 2.05) is 18.2 Å². The zero-order valence-electron chi connectivity index (χ0n) is 12.9. The van der Waals surface area contributed by atoms with Gasteiger partial charge >= 0.3 is 0 Å². The number of likely N-dealkylation sites (N-methyl/N-ethyl adjacent to an activating group) is 1. The normalized spacial score (nSPS) is 11.1. The van der Waals surface area contributed by atoms with Crippen LogP contribution in [0.25, 0.3) is 0 Å². The van der Waals surface area contributed by atoms with Crippen LogP contribution in [-0.2, 0) is 6.42 Å². The number of hydrogen-bond donors (Lipinski definition) is 1. The first-order valence-corrected chi connectivity index (χ1v) is 7.78. The van der Waals surface area contributed by atoms with Gasteiger partial charge in [-0.15, -0.1) is 0 Å². The Labute approximate surface area is 128 Å². The van der Waals surface area contributed by atoms with E-state index in [1.165, 1.54) is 0 Å². The number of nitrogens with one attached hydrogen (secondary N) is 1. The minimum Gasteiger partial charge on any atom is -0.494 e. The lowest BCUT2D eigenvalue weighted by atomic mass is 10.1. The van der Waals surface area contributed by atoms with E-state index in [2.05, 4.69) is 31.2 Å². The number of benzene rings is 1. The maximum atomic E-state index is 6.08. The SMILES string of the molecule is CCc1cc(OCCCCNCCN(C)C)ccc1Cl. The maximum absolute atomic E-state index is 6.08. The van der Waals surface area contributed by atoms with Crippen molar-refractivity contribution in [3.05, 3.63) is 28.8 Å². The lowest BCUT2D eigenvalue weighted by molar-refractivity contribution is 0.304. The highest BCUT2D eigenvalue weighted by molar-refractivity contribution is 6.31. The second kappa shape index (κ2) is 10.0. The van der Waals surface area contributed by atoms with Gasteiger partial charge in [0, 0.05) is 18.1 Å². The number of ether oxygens (including phenoxy) is 1. The smallest absolute Gasteiger partial charge is 0.119 e. The van der Waals surface area contributed by atoms with E-state index in [0.717, 1.165) is 61.8 Å². The lowest BCUT2D eigenvalue weighted by Crippen LogP contribution is -2.27. The van der Waals surface area contributed by atoms with Crippen molar-refractivity contribution in [2.45, 2.75) is 26.2 Å². The maximum Gasteiger partial charge on any atom is 0.119 e. The van der Waals surface area contributed by atoms with Gasteiger partial charge in [-0.2, -0.15) is 0 Å². The molecular formula is C16H27ClN2O. The second-order valence-corrected chi connectivity index (χ2v) is 5.62. The molecule has 0 aliphatic heterocycles. The van der Waals surface area contributed by atoms with Crippen LogP contribution in [0, 0.1) is 0 Å². The van der Waals surface area contributed by atoms with Crippen molar-refractivity contribution in [2.75, 3.05) is 40.3 Å². The summed E-state index contributed by atoms with van der Waals surface area (Å²) in [4.78, 5) is 2.18. The van der Waals surface area contributed by atoms with Crippen molar-refractivity contribution in [3.8, 4) is 5.75 Å². The van der Waals surface area contributed by atoms with Gasteiger partial charge in [-0.1, -0.05) is 18.5 Å². The van der Waals surface area contributed by atoms with Crippen molar-refractivity contribution < 1.29 is 4.74 Å². The first-order valence-electron chi connectivity index (χ1n) is 7.40. The van der Waals surface area contributed by atoms with Crippen LogP contribution in [0.1, 0.15) is 25.3 Å². The molecule has 0 amide bonds. The van der Waals surface area contributed by atoms with E-state index in [9.17, 15) is 0 Å². The molecule has 114 valence electrons. The Hall–Kier alpha value is -0.770. The molecule has 0 atom stereocenters. The minimum absolute atomic E-state index is 0.764. The molecule has 1 rings (SSSR count). The molecule has 0 radical (unpaired) electrons. The molecule has 3 nitrogen and oxygen atoms in total. The fraction of sp³-hybridized carbons (Fsp3) is 0.625. The van der Waals surface area contributed by atoms with Crippen LogP contribution in [0.4, 0.5) is 0 Å². The van der Waals surface area contributed by atoms with Gasteiger partial charge in [-0.3, -0.25) is 0 Å². The van der Waals surface area contributed by atoms with Gasteiger partial charge in [-0.25, -0.2) is 0 Å². The molecule has 1 N–H and O–H groups in total. The van der Waals surface area contributed by atoms with E-state index in [-0.39, 0.29) is 0 Å². The minimum atomic E-state index is 0.764. The molecule has 0 spiro atoms. The summed E-state index contributed by atoms with van der Waals surface area (Å²) in [6.45, 7) is 6.05. The number of unbranched alkanes of at least 4 members (excludes halogenated alkanes) is 1. The monoisotopic (exact) mass is 298 g/mol. The third kappa shape index (κ3) is 7.13. The number of halogens is 1. The highest BCUT2D eigenvalue weighted by Gasteiger charge is 2.01. The molecule has 4 heteroatoms. The summed E-state index contributed by atoms with van der Waals surface area (Å²) in [5.74, 6) is 0.923. The molecule has 0 aliphatic rings. The third-order valence-corrected chi connectivity index (χ3v) is 3.52. The molecule has 0 unspecified atom stereocenters. The Morgan fingerprint density at radius 2 is 2.00 bits per heavy atom. The standard InChI is InChI=1S/C16H27ClN2O/c1-4-14-13-15(7-8-16(14)17)20-12-6-5-9-18-10-11-19(2)3/h7-8,13,18H,4-6,9-12H2,1-3H3. The van der Waals surface area contributed by atoms with Crippen molar-refractivity contribution in [3.63, 3.8) is 0 Å². The molecular weight excluding hydrogens is 272 g/mol. The Bertz CT molecular complexity index is 383. The summed E-state index contributed by atoms with van der Waals surface area (Å²) in [6, 6.07) is 5.90. The van der Waals surface area contributed by atoms with Gasteiger partial charge in [0.1, 0.15) is 5.75 Å². The van der Waals surface area contributed by atoms with Crippen LogP contribution in [0.3, 0.4) is 0 Å². The summed E-state index contributed by atoms with van der Waals surface area (Å²) >= 11 is 6.08. The van der Waals surface area contributed by atoms with Crippen molar-refractivity contribution in [1.82, 2.24) is 10.2 Å². The van der Waals surface area contributed by atoms with Gasteiger partial charge in [0.25, 0.3) is 0 Å². The Balaban J connectivity index is 2.09. The molecule has 0 saturated heterocycles. The highest BCUT2D eigenvalue weighted by Crippen LogP contribution is 2.22. The van der Waals surface area contributed by atoms with Gasteiger partial charge in [0.15, 0.2) is 0 Å². The lowest BCUT2D eigenvalue weighted by Gasteiger charge is -2.11. The second-order valence-electron chi connectivity index (χ2n) is 5.22. The van der Waals surface area contributed by atoms with Gasteiger partial charge in [0.05, 0.1) is 6.61 Å². The first-order chi connectivity index (χ1) is 9.63. The molecule has 20 heavy (non-hydrogen) atoms. The molecule has 0 aromatic heterocycles. The fourth-order valence-electron chi connectivity index (χ4n) is 1.88. The van der Waals surface area contributed by atoms with E-state index in [4.69, 9.17) is 16.3 Å². The molecule has 1 aromatic carbocycles. The summed E-state index contributed by atoms with van der Waals surface area (Å²) in [5, 5.41) is 4.25. The van der Waals surface area contributed by atoms with E-state index < -0.39 is 0 Å². The highest BCUT2D eigenvalue weighted by atomic mass is 35.5. The fourth-order valence-corrected chi connectivity index (χ4v) is 2.13. The topological polar surface area (TPSA) is 24.5 Å². The summed E-state index contributed by atoms with van der Waals surface area (Å²) < 4.78 is 5.75. The van der Waals surface area contributed by atoms with Crippen LogP contribution in [-0.4, -0.2) is 45.2 Å². The number of nitrogens with zero attached hydrogens (tertiary/aromatic N) is 1. The zero-order valence-corrected chi connectivity index (χ0v) is 13.7. The van der Waals surface area contributed by atoms with E-state index >= 15 is 0 Å². The van der Waals surface area contributed by atoms with Gasteiger partial charge < -0.3 is 15.0 Å². The summed E-state index contributed by atoms with van der Waals surface area (Å²) in [7, 11) is 4.18. The quantitative estimate of drug-likeness (QED) is 0.671. The van der Waals surface area contributed by atoms with Crippen LogP contribution in [0.2, 0.25) is 5.02 Å². The van der Waals surface area contributed by atoms with Crippen molar-refractivity contribution in [1.29, 1.82) is 0 Å². The molecule has 0 fully saturated rings. The van der Waals surface area contributed by atoms with Crippen molar-refractivity contribution >= 4 is 11.6 Å². The Kier molecular flexibility index (Phi) is 8.67. The van der Waals surface area contributed by atoms with E-state index in [0.29, 0.717) is 0 Å². The average molecular weight is 299 g/mol. The first kappa shape index (κ1) is 17.3. The van der Waals surface area contributed by atoms with E-state index in [1.54, 1.807) is 0 Å². The van der Waals surface area contributed by atoms with Crippen LogP contribution in [0.15, 0.2) is 18.2 Å². The summed E-state index contributed by atoms with van der Waals surface area (Å²) in [6.07, 6.45) is 3.15. The number of hydrogen-bond acceptors (Lipinski definition) is 3. The molecule has 0 aliphatic carbocycles. The predicted octanol–water partition coefficient (Wildman–Crippen LogP) is 3.21.